The van der Waals surface area contributed by atoms with Crippen molar-refractivity contribution >= 4 is 0 Å². The van der Waals surface area contributed by atoms with Gasteiger partial charge in [-0.3, -0.25) is 0 Å². The molecule has 0 amide bonds. The van der Waals surface area contributed by atoms with E-state index in [0.717, 1.165) is 19.3 Å². The van der Waals surface area contributed by atoms with E-state index in [-0.39, 0.29) is 0 Å². The summed E-state index contributed by atoms with van der Waals surface area (Å²) in [5.74, 6) is 8.85. The average molecular weight is 162 g/mol. The van der Waals surface area contributed by atoms with E-state index in [0.29, 0.717) is 0 Å². The second kappa shape index (κ2) is 10.1. The van der Waals surface area contributed by atoms with Crippen molar-refractivity contribution in [2.45, 2.75) is 51.9 Å². The molecule has 0 saturated heterocycles. The quantitative estimate of drug-likeness (QED) is 0.429. The Morgan fingerprint density at radius 1 is 0.917 bits per heavy atom. The lowest BCUT2D eigenvalue weighted by atomic mass is 10.1. The molecule has 12 heavy (non-hydrogen) atoms. The summed E-state index contributed by atoms with van der Waals surface area (Å²) in [6.45, 7) is 2.08. The Labute approximate surface area is 76.8 Å². The van der Waals surface area contributed by atoms with E-state index in [2.05, 4.69) is 24.7 Å². The molecule has 0 spiro atoms. The summed E-state index contributed by atoms with van der Waals surface area (Å²) in [4.78, 5) is 0. The molecule has 0 rings (SSSR count). The summed E-state index contributed by atoms with van der Waals surface area (Å²) >= 11 is 0. The maximum atomic E-state index is 5.14. The standard InChI is InChI=1S/C12H18/c1-3-5-7-9-11-12-10-8-6-4-2/h1H,4-5,7,9-12H2,2H3. The topological polar surface area (TPSA) is 0 Å². The van der Waals surface area contributed by atoms with Crippen LogP contribution in [0.3, 0.4) is 0 Å². The third kappa shape index (κ3) is 9.12. The molecular formula is C12H18. The highest BCUT2D eigenvalue weighted by Crippen LogP contribution is 2.03. The van der Waals surface area contributed by atoms with Gasteiger partial charge in [0.15, 0.2) is 0 Å². The monoisotopic (exact) mass is 162 g/mol. The van der Waals surface area contributed by atoms with E-state index in [1.165, 1.54) is 25.7 Å². The number of hydrogen-bond donors (Lipinski definition) is 0. The van der Waals surface area contributed by atoms with Crippen LogP contribution < -0.4 is 0 Å². The fourth-order valence-corrected chi connectivity index (χ4v) is 1.01. The van der Waals surface area contributed by atoms with Crippen LogP contribution in [0, 0.1) is 24.2 Å². The molecule has 0 heteroatoms. The fraction of sp³-hybridized carbons (Fsp3) is 0.667. The summed E-state index contributed by atoms with van der Waals surface area (Å²) < 4.78 is 0. The highest BCUT2D eigenvalue weighted by Gasteiger charge is 1.86. The number of hydrogen-bond acceptors (Lipinski definition) is 0. The van der Waals surface area contributed by atoms with Crippen LogP contribution in [-0.4, -0.2) is 0 Å². The minimum absolute atomic E-state index is 0.931. The Balaban J connectivity index is 2.97. The Morgan fingerprint density at radius 3 is 2.17 bits per heavy atom. The largest absolute Gasteiger partial charge is 0.120 e. The van der Waals surface area contributed by atoms with Gasteiger partial charge < -0.3 is 0 Å². The Morgan fingerprint density at radius 2 is 1.58 bits per heavy atom. The number of rotatable bonds is 5. The average Bonchev–Trinajstić information content (AvgIpc) is 2.10. The van der Waals surface area contributed by atoms with Gasteiger partial charge in [0.1, 0.15) is 0 Å². The zero-order valence-corrected chi connectivity index (χ0v) is 8.03. The summed E-state index contributed by atoms with van der Waals surface area (Å²) in [6.07, 6.45) is 13.1. The van der Waals surface area contributed by atoms with E-state index >= 15 is 0 Å². The SMILES string of the molecule is C#CCCCCCCC#CCC. The molecule has 0 saturated carbocycles. The van der Waals surface area contributed by atoms with Crippen molar-refractivity contribution in [3.63, 3.8) is 0 Å². The highest BCUT2D eigenvalue weighted by atomic mass is 13.9. The molecule has 0 aliphatic heterocycles. The Kier molecular flexibility index (Phi) is 9.38. The summed E-state index contributed by atoms with van der Waals surface area (Å²) in [5, 5.41) is 0. The van der Waals surface area contributed by atoms with Crippen LogP contribution in [0.4, 0.5) is 0 Å². The molecule has 0 unspecified atom stereocenters. The molecule has 0 aromatic carbocycles. The van der Waals surface area contributed by atoms with Crippen molar-refractivity contribution in [1.29, 1.82) is 0 Å². The van der Waals surface area contributed by atoms with Crippen LogP contribution in [0.15, 0.2) is 0 Å². The van der Waals surface area contributed by atoms with Crippen molar-refractivity contribution < 1.29 is 0 Å². The van der Waals surface area contributed by atoms with Crippen molar-refractivity contribution in [3.05, 3.63) is 0 Å². The number of terminal acetylenes is 1. The summed E-state index contributed by atoms with van der Waals surface area (Å²) in [6, 6.07) is 0. The third-order valence-corrected chi connectivity index (χ3v) is 1.67. The second-order valence-corrected chi connectivity index (χ2v) is 2.83. The third-order valence-electron chi connectivity index (χ3n) is 1.67. The molecule has 0 aromatic rings. The van der Waals surface area contributed by atoms with Crippen LogP contribution in [0.2, 0.25) is 0 Å². The maximum Gasteiger partial charge on any atom is 0.00886 e. The summed E-state index contributed by atoms with van der Waals surface area (Å²) in [7, 11) is 0. The first-order valence-corrected chi connectivity index (χ1v) is 4.81. The van der Waals surface area contributed by atoms with Crippen LogP contribution in [0.25, 0.3) is 0 Å². The molecule has 0 nitrogen and oxygen atoms in total. The van der Waals surface area contributed by atoms with Gasteiger partial charge in [0.2, 0.25) is 0 Å². The fourth-order valence-electron chi connectivity index (χ4n) is 1.01. The van der Waals surface area contributed by atoms with Crippen LogP contribution in [-0.2, 0) is 0 Å². The van der Waals surface area contributed by atoms with Gasteiger partial charge in [-0.25, -0.2) is 0 Å². The first-order chi connectivity index (χ1) is 5.91. The maximum absolute atomic E-state index is 5.14. The highest BCUT2D eigenvalue weighted by molar-refractivity contribution is 4.97. The van der Waals surface area contributed by atoms with Gasteiger partial charge in [0.25, 0.3) is 0 Å². The van der Waals surface area contributed by atoms with Gasteiger partial charge in [0, 0.05) is 19.3 Å². The number of unbranched alkanes of at least 4 members (excludes halogenated alkanes) is 5. The van der Waals surface area contributed by atoms with Gasteiger partial charge in [-0.15, -0.1) is 24.2 Å². The Bertz CT molecular complexity index is 172. The molecule has 0 N–H and O–H groups in total. The lowest BCUT2D eigenvalue weighted by Gasteiger charge is -1.93. The minimum Gasteiger partial charge on any atom is -0.120 e. The van der Waals surface area contributed by atoms with E-state index < -0.39 is 0 Å². The molecule has 0 atom stereocenters. The molecular weight excluding hydrogens is 144 g/mol. The minimum atomic E-state index is 0.931. The summed E-state index contributed by atoms with van der Waals surface area (Å²) in [5.41, 5.74) is 0. The van der Waals surface area contributed by atoms with Crippen molar-refractivity contribution in [3.8, 4) is 24.2 Å². The molecule has 0 aromatic heterocycles. The van der Waals surface area contributed by atoms with Gasteiger partial charge in [-0.05, 0) is 12.8 Å². The smallest absolute Gasteiger partial charge is 0.00886 e. The molecule has 66 valence electrons. The normalized spacial score (nSPS) is 8.33. The second-order valence-electron chi connectivity index (χ2n) is 2.83. The predicted molar refractivity (Wildman–Crippen MR) is 54.6 cm³/mol. The van der Waals surface area contributed by atoms with Crippen LogP contribution in [0.1, 0.15) is 51.9 Å². The molecule has 0 heterocycles. The van der Waals surface area contributed by atoms with Crippen molar-refractivity contribution in [2.24, 2.45) is 0 Å². The molecule has 0 radical (unpaired) electrons. The molecule has 0 fully saturated rings. The van der Waals surface area contributed by atoms with E-state index in [4.69, 9.17) is 6.42 Å². The van der Waals surface area contributed by atoms with Crippen molar-refractivity contribution in [1.82, 2.24) is 0 Å². The zero-order valence-electron chi connectivity index (χ0n) is 8.03. The van der Waals surface area contributed by atoms with Crippen molar-refractivity contribution in [2.75, 3.05) is 0 Å². The first kappa shape index (κ1) is 11.1. The zero-order chi connectivity index (χ0) is 9.07. The lowest BCUT2D eigenvalue weighted by Crippen LogP contribution is -1.76. The Hall–Kier alpha value is -0.880. The van der Waals surface area contributed by atoms with E-state index in [1.54, 1.807) is 0 Å². The first-order valence-electron chi connectivity index (χ1n) is 4.81. The van der Waals surface area contributed by atoms with E-state index in [1.807, 2.05) is 0 Å². The molecule has 0 aliphatic carbocycles. The van der Waals surface area contributed by atoms with Gasteiger partial charge in [0.05, 0.1) is 0 Å². The van der Waals surface area contributed by atoms with E-state index in [9.17, 15) is 0 Å². The van der Waals surface area contributed by atoms with Gasteiger partial charge in [-0.1, -0.05) is 19.8 Å². The molecule has 0 aliphatic rings. The van der Waals surface area contributed by atoms with Gasteiger partial charge >= 0.3 is 0 Å². The lowest BCUT2D eigenvalue weighted by molar-refractivity contribution is 0.661. The van der Waals surface area contributed by atoms with Crippen LogP contribution in [0.5, 0.6) is 0 Å². The van der Waals surface area contributed by atoms with Crippen LogP contribution >= 0.6 is 0 Å². The van der Waals surface area contributed by atoms with Gasteiger partial charge in [-0.2, -0.15) is 0 Å². The molecule has 0 bridgehead atoms. The predicted octanol–water partition coefficient (Wildman–Crippen LogP) is 3.37.